The molecule has 1 aliphatic carbocycles. The van der Waals surface area contributed by atoms with Crippen LogP contribution in [0, 0.1) is 6.92 Å². The largest absolute Gasteiger partial charge is 0.481 e. The smallest absolute Gasteiger partial charge is 0.314 e. The van der Waals surface area contributed by atoms with Crippen LogP contribution < -0.4 is 0 Å². The van der Waals surface area contributed by atoms with Crippen molar-refractivity contribution in [1.29, 1.82) is 0 Å². The molecule has 0 aliphatic heterocycles. The molecule has 1 saturated carbocycles. The summed E-state index contributed by atoms with van der Waals surface area (Å²) in [5, 5.41) is 24.9. The van der Waals surface area contributed by atoms with E-state index in [-0.39, 0.29) is 6.61 Å². The molecule has 0 bridgehead atoms. The van der Waals surface area contributed by atoms with Gasteiger partial charge in [-0.3, -0.25) is 4.79 Å². The maximum absolute atomic E-state index is 11.6. The van der Waals surface area contributed by atoms with Crippen molar-refractivity contribution >= 4 is 5.97 Å². The first kappa shape index (κ1) is 24.0. The minimum Gasteiger partial charge on any atom is -0.481 e. The summed E-state index contributed by atoms with van der Waals surface area (Å²) in [5.41, 5.74) is 3.93. The highest BCUT2D eigenvalue weighted by molar-refractivity contribution is 5.85. The molecular formula is C30H29NO5. The molecule has 0 amide bonds. The summed E-state index contributed by atoms with van der Waals surface area (Å²) in [6.45, 7) is 4.02. The molecule has 5 rings (SSSR count). The Labute approximate surface area is 210 Å². The van der Waals surface area contributed by atoms with Gasteiger partial charge < -0.3 is 19.5 Å². The summed E-state index contributed by atoms with van der Waals surface area (Å²) in [7, 11) is 0. The van der Waals surface area contributed by atoms with Gasteiger partial charge in [0.15, 0.2) is 5.76 Å². The highest BCUT2D eigenvalue weighted by Crippen LogP contribution is 2.48. The number of carbonyl (C=O) groups is 1. The van der Waals surface area contributed by atoms with E-state index in [0.29, 0.717) is 36.5 Å². The lowest BCUT2D eigenvalue weighted by Crippen LogP contribution is -2.29. The Balaban J connectivity index is 1.33. The summed E-state index contributed by atoms with van der Waals surface area (Å²) in [5.74, 6) is -0.237. The Kier molecular flexibility index (Phi) is 6.24. The molecule has 0 saturated heterocycles. The molecule has 4 aromatic rings. The monoisotopic (exact) mass is 483 g/mol. The molecule has 6 heteroatoms. The van der Waals surface area contributed by atoms with Crippen LogP contribution in [0.4, 0.5) is 0 Å². The number of aliphatic hydroxyl groups is 1. The van der Waals surface area contributed by atoms with Crippen LogP contribution in [0.3, 0.4) is 0 Å². The minimum atomic E-state index is -1.29. The maximum atomic E-state index is 11.6. The van der Waals surface area contributed by atoms with Crippen molar-refractivity contribution in [2.24, 2.45) is 0 Å². The molecule has 0 spiro atoms. The van der Waals surface area contributed by atoms with Crippen LogP contribution >= 0.6 is 0 Å². The average Bonchev–Trinajstić information content (AvgIpc) is 3.61. The number of aryl methyl sites for hydroxylation is 1. The fourth-order valence-electron chi connectivity index (χ4n) is 4.76. The van der Waals surface area contributed by atoms with E-state index in [1.807, 2.05) is 85.8 Å². The lowest BCUT2D eigenvalue weighted by molar-refractivity contribution is -0.140. The predicted molar refractivity (Wildman–Crippen MR) is 136 cm³/mol. The SMILES string of the molecule is Cc1noc(-c2ccc(-c3ccc(C4(C(=O)O)CC4)cc3)cc2)c1[C@](C)(O)COCc1ccccc1. The summed E-state index contributed by atoms with van der Waals surface area (Å²) < 4.78 is 11.5. The molecule has 1 atom stereocenters. The zero-order valence-electron chi connectivity index (χ0n) is 20.4. The zero-order chi connectivity index (χ0) is 25.3. The first-order chi connectivity index (χ1) is 17.3. The number of rotatable bonds is 9. The van der Waals surface area contributed by atoms with Crippen molar-refractivity contribution in [2.75, 3.05) is 6.61 Å². The van der Waals surface area contributed by atoms with Gasteiger partial charge in [-0.05, 0) is 48.9 Å². The lowest BCUT2D eigenvalue weighted by Gasteiger charge is -2.23. The second-order valence-electron chi connectivity index (χ2n) is 9.77. The summed E-state index contributed by atoms with van der Waals surface area (Å²) in [6.07, 6.45) is 1.38. The fraction of sp³-hybridized carbons (Fsp3) is 0.267. The van der Waals surface area contributed by atoms with E-state index >= 15 is 0 Å². The van der Waals surface area contributed by atoms with Gasteiger partial charge in [0.1, 0.15) is 5.60 Å². The average molecular weight is 484 g/mol. The van der Waals surface area contributed by atoms with E-state index in [4.69, 9.17) is 9.26 Å². The standard InChI is InChI=1S/C30H29NO5/c1-20-26(29(2,34)19-35-18-21-6-4-3-5-7-21)27(36-31-20)24-10-8-22(9-11-24)23-12-14-25(15-13-23)30(16-17-30)28(32)33/h3-15,34H,16-19H2,1-2H3,(H,32,33)/t29-/m1/s1. The molecule has 1 aromatic heterocycles. The van der Waals surface area contributed by atoms with Gasteiger partial charge in [-0.1, -0.05) is 84.0 Å². The van der Waals surface area contributed by atoms with Crippen LogP contribution in [-0.2, 0) is 27.2 Å². The van der Waals surface area contributed by atoms with Crippen LogP contribution in [0.5, 0.6) is 0 Å². The lowest BCUT2D eigenvalue weighted by atomic mass is 9.91. The van der Waals surface area contributed by atoms with Crippen molar-refractivity contribution < 1.29 is 24.3 Å². The van der Waals surface area contributed by atoms with Crippen LogP contribution in [-0.4, -0.2) is 27.9 Å². The number of hydrogen-bond donors (Lipinski definition) is 2. The molecule has 1 aliphatic rings. The summed E-state index contributed by atoms with van der Waals surface area (Å²) >= 11 is 0. The fourth-order valence-corrected chi connectivity index (χ4v) is 4.76. The third-order valence-corrected chi connectivity index (χ3v) is 6.97. The van der Waals surface area contributed by atoms with Gasteiger partial charge in [-0.15, -0.1) is 0 Å². The molecule has 184 valence electrons. The van der Waals surface area contributed by atoms with Crippen LogP contribution in [0.1, 0.15) is 42.1 Å². The molecule has 2 N–H and O–H groups in total. The first-order valence-corrected chi connectivity index (χ1v) is 12.1. The molecule has 0 unspecified atom stereocenters. The van der Waals surface area contributed by atoms with E-state index in [1.54, 1.807) is 6.92 Å². The number of nitrogens with zero attached hydrogens (tertiary/aromatic N) is 1. The number of carboxylic acids is 1. The second kappa shape index (κ2) is 9.37. The first-order valence-electron chi connectivity index (χ1n) is 12.1. The molecule has 0 radical (unpaired) electrons. The number of aliphatic carboxylic acids is 1. The Hall–Kier alpha value is -3.74. The number of hydrogen-bond acceptors (Lipinski definition) is 5. The van der Waals surface area contributed by atoms with Crippen molar-refractivity contribution in [3.63, 3.8) is 0 Å². The Morgan fingerprint density at radius 1 is 0.972 bits per heavy atom. The topological polar surface area (TPSA) is 92.8 Å². The quantitative estimate of drug-likeness (QED) is 0.310. The Bertz CT molecular complexity index is 1350. The highest BCUT2D eigenvalue weighted by Gasteiger charge is 2.51. The van der Waals surface area contributed by atoms with E-state index in [2.05, 4.69) is 5.16 Å². The van der Waals surface area contributed by atoms with Crippen LogP contribution in [0.15, 0.2) is 83.4 Å². The third-order valence-electron chi connectivity index (χ3n) is 6.97. The highest BCUT2D eigenvalue weighted by atomic mass is 16.5. The Morgan fingerprint density at radius 2 is 1.56 bits per heavy atom. The van der Waals surface area contributed by atoms with E-state index in [9.17, 15) is 15.0 Å². The zero-order valence-corrected chi connectivity index (χ0v) is 20.4. The maximum Gasteiger partial charge on any atom is 0.314 e. The minimum absolute atomic E-state index is 0.0964. The Morgan fingerprint density at radius 3 is 2.14 bits per heavy atom. The van der Waals surface area contributed by atoms with Gasteiger partial charge in [0, 0.05) is 5.56 Å². The number of ether oxygens (including phenoxy) is 1. The van der Waals surface area contributed by atoms with Gasteiger partial charge in [-0.25, -0.2) is 0 Å². The second-order valence-corrected chi connectivity index (χ2v) is 9.77. The molecule has 1 heterocycles. The summed E-state index contributed by atoms with van der Waals surface area (Å²) in [6, 6.07) is 25.4. The number of carboxylic acid groups (broad SMARTS) is 1. The number of aromatic nitrogens is 1. The van der Waals surface area contributed by atoms with Crippen molar-refractivity contribution in [3.05, 3.63) is 101 Å². The third kappa shape index (κ3) is 4.57. The molecule has 1 fully saturated rings. The van der Waals surface area contributed by atoms with Crippen molar-refractivity contribution in [2.45, 2.75) is 44.3 Å². The predicted octanol–water partition coefficient (Wildman–Crippen LogP) is 5.86. The van der Waals surface area contributed by atoms with Gasteiger partial charge in [0.05, 0.1) is 29.9 Å². The van der Waals surface area contributed by atoms with Gasteiger partial charge >= 0.3 is 5.97 Å². The molecular weight excluding hydrogens is 454 g/mol. The molecule has 36 heavy (non-hydrogen) atoms. The normalized spacial score (nSPS) is 15.9. The van der Waals surface area contributed by atoms with E-state index in [0.717, 1.165) is 27.8 Å². The van der Waals surface area contributed by atoms with Crippen molar-refractivity contribution in [3.8, 4) is 22.5 Å². The number of benzene rings is 3. The van der Waals surface area contributed by atoms with Gasteiger partial charge in [0.25, 0.3) is 0 Å². The van der Waals surface area contributed by atoms with Crippen LogP contribution in [0.2, 0.25) is 0 Å². The van der Waals surface area contributed by atoms with E-state index < -0.39 is 17.0 Å². The van der Waals surface area contributed by atoms with E-state index in [1.165, 1.54) is 0 Å². The van der Waals surface area contributed by atoms with Gasteiger partial charge in [-0.2, -0.15) is 0 Å². The van der Waals surface area contributed by atoms with Crippen LogP contribution in [0.25, 0.3) is 22.5 Å². The summed E-state index contributed by atoms with van der Waals surface area (Å²) in [4.78, 5) is 11.6. The molecule has 3 aromatic carbocycles. The molecule has 6 nitrogen and oxygen atoms in total. The van der Waals surface area contributed by atoms with Crippen molar-refractivity contribution in [1.82, 2.24) is 5.16 Å². The van der Waals surface area contributed by atoms with Gasteiger partial charge in [0.2, 0.25) is 0 Å².